The van der Waals surface area contributed by atoms with E-state index < -0.39 is 0 Å². The van der Waals surface area contributed by atoms with Gasteiger partial charge in [0.05, 0.1) is 5.56 Å². The SMILES string of the molecule is CCN(CC)c1ccc(NC(=O)c2cnc(NCC(C)C)nc2)c(C)c1. The highest BCUT2D eigenvalue weighted by atomic mass is 16.1. The fourth-order valence-electron chi connectivity index (χ4n) is 2.60. The molecular formula is C20H29N5O. The molecule has 0 radical (unpaired) electrons. The number of anilines is 3. The van der Waals surface area contributed by atoms with Crippen LogP contribution in [0.4, 0.5) is 17.3 Å². The van der Waals surface area contributed by atoms with Crippen molar-refractivity contribution in [3.05, 3.63) is 41.7 Å². The Labute approximate surface area is 156 Å². The van der Waals surface area contributed by atoms with Crippen LogP contribution in [0.5, 0.6) is 0 Å². The molecule has 6 heteroatoms. The standard InChI is InChI=1S/C20H29N5O/c1-6-25(7-2)17-8-9-18(15(5)10-17)24-19(26)16-12-22-20(23-13-16)21-11-14(3)4/h8-10,12-14H,6-7,11H2,1-5H3,(H,24,26)(H,21,22,23). The number of benzene rings is 1. The lowest BCUT2D eigenvalue weighted by Crippen LogP contribution is -2.22. The first-order valence-corrected chi connectivity index (χ1v) is 9.17. The molecule has 0 atom stereocenters. The maximum absolute atomic E-state index is 12.5. The van der Waals surface area contributed by atoms with Crippen LogP contribution in [0.3, 0.4) is 0 Å². The number of amides is 1. The lowest BCUT2D eigenvalue weighted by Gasteiger charge is -2.22. The zero-order valence-corrected chi connectivity index (χ0v) is 16.3. The Morgan fingerprint density at radius 3 is 2.35 bits per heavy atom. The van der Waals surface area contributed by atoms with E-state index in [2.05, 4.69) is 59.3 Å². The van der Waals surface area contributed by atoms with Gasteiger partial charge in [-0.2, -0.15) is 0 Å². The Bertz CT molecular complexity index is 723. The number of carbonyl (C=O) groups is 1. The number of hydrogen-bond acceptors (Lipinski definition) is 5. The highest BCUT2D eigenvalue weighted by Gasteiger charge is 2.11. The quantitative estimate of drug-likeness (QED) is 0.750. The van der Waals surface area contributed by atoms with Crippen LogP contribution < -0.4 is 15.5 Å². The van der Waals surface area contributed by atoms with Gasteiger partial charge in [0.2, 0.25) is 5.95 Å². The lowest BCUT2D eigenvalue weighted by molar-refractivity contribution is 0.102. The number of carbonyl (C=O) groups excluding carboxylic acids is 1. The van der Waals surface area contributed by atoms with Gasteiger partial charge in [-0.15, -0.1) is 0 Å². The smallest absolute Gasteiger partial charge is 0.258 e. The van der Waals surface area contributed by atoms with E-state index in [9.17, 15) is 4.79 Å². The van der Waals surface area contributed by atoms with Gasteiger partial charge < -0.3 is 15.5 Å². The molecule has 0 saturated heterocycles. The first-order valence-electron chi connectivity index (χ1n) is 9.17. The summed E-state index contributed by atoms with van der Waals surface area (Å²) in [5, 5.41) is 6.08. The van der Waals surface area contributed by atoms with Crippen molar-refractivity contribution < 1.29 is 4.79 Å². The number of aromatic nitrogens is 2. The van der Waals surface area contributed by atoms with Crippen molar-refractivity contribution in [3.8, 4) is 0 Å². The molecule has 1 aromatic carbocycles. The zero-order chi connectivity index (χ0) is 19.1. The monoisotopic (exact) mass is 355 g/mol. The van der Waals surface area contributed by atoms with Crippen LogP contribution in [0.25, 0.3) is 0 Å². The minimum Gasteiger partial charge on any atom is -0.372 e. The maximum atomic E-state index is 12.5. The predicted octanol–water partition coefficient (Wildman–Crippen LogP) is 3.95. The zero-order valence-electron chi connectivity index (χ0n) is 16.3. The van der Waals surface area contributed by atoms with Crippen LogP contribution in [0.15, 0.2) is 30.6 Å². The molecule has 2 aromatic rings. The number of rotatable bonds is 8. The molecule has 0 spiro atoms. The van der Waals surface area contributed by atoms with Crippen molar-refractivity contribution in [2.24, 2.45) is 5.92 Å². The van der Waals surface area contributed by atoms with E-state index in [4.69, 9.17) is 0 Å². The van der Waals surface area contributed by atoms with Crippen LogP contribution in [0.1, 0.15) is 43.6 Å². The van der Waals surface area contributed by atoms with E-state index in [1.54, 1.807) is 12.4 Å². The summed E-state index contributed by atoms with van der Waals surface area (Å²) in [5.74, 6) is 0.831. The Kier molecular flexibility index (Phi) is 6.95. The van der Waals surface area contributed by atoms with Crippen molar-refractivity contribution >= 4 is 23.2 Å². The van der Waals surface area contributed by atoms with E-state index >= 15 is 0 Å². The van der Waals surface area contributed by atoms with E-state index in [0.29, 0.717) is 17.4 Å². The Morgan fingerprint density at radius 2 is 1.81 bits per heavy atom. The van der Waals surface area contributed by atoms with Gasteiger partial charge in [-0.1, -0.05) is 13.8 Å². The molecule has 6 nitrogen and oxygen atoms in total. The molecule has 140 valence electrons. The average molecular weight is 355 g/mol. The molecule has 0 saturated carbocycles. The highest BCUT2D eigenvalue weighted by Crippen LogP contribution is 2.23. The van der Waals surface area contributed by atoms with Gasteiger partial charge in [0, 0.05) is 43.4 Å². The summed E-state index contributed by atoms with van der Waals surface area (Å²) in [6.07, 6.45) is 3.09. The van der Waals surface area contributed by atoms with E-state index in [1.807, 2.05) is 19.1 Å². The molecule has 1 heterocycles. The number of hydrogen-bond donors (Lipinski definition) is 2. The van der Waals surface area contributed by atoms with E-state index in [0.717, 1.165) is 36.6 Å². The fraction of sp³-hybridized carbons (Fsp3) is 0.450. The van der Waals surface area contributed by atoms with Crippen molar-refractivity contribution in [1.82, 2.24) is 9.97 Å². The molecule has 0 unspecified atom stereocenters. The summed E-state index contributed by atoms with van der Waals surface area (Å²) in [6.45, 7) is 13.2. The third-order valence-corrected chi connectivity index (χ3v) is 4.17. The summed E-state index contributed by atoms with van der Waals surface area (Å²) in [5.41, 5.74) is 3.42. The van der Waals surface area contributed by atoms with Crippen LogP contribution >= 0.6 is 0 Å². The highest BCUT2D eigenvalue weighted by molar-refractivity contribution is 6.04. The van der Waals surface area contributed by atoms with Crippen LogP contribution in [0.2, 0.25) is 0 Å². The lowest BCUT2D eigenvalue weighted by atomic mass is 10.1. The Hall–Kier alpha value is -2.63. The van der Waals surface area contributed by atoms with E-state index in [1.165, 1.54) is 0 Å². The molecule has 0 bridgehead atoms. The largest absolute Gasteiger partial charge is 0.372 e. The summed E-state index contributed by atoms with van der Waals surface area (Å²) < 4.78 is 0. The first kappa shape index (κ1) is 19.7. The third kappa shape index (κ3) is 5.18. The van der Waals surface area contributed by atoms with Crippen molar-refractivity contribution in [2.75, 3.05) is 35.2 Å². The van der Waals surface area contributed by atoms with Gasteiger partial charge >= 0.3 is 0 Å². The minimum atomic E-state index is -0.209. The summed E-state index contributed by atoms with van der Waals surface area (Å²) in [7, 11) is 0. The normalized spacial score (nSPS) is 10.7. The van der Waals surface area contributed by atoms with Gasteiger partial charge in [-0.05, 0) is 50.5 Å². The second-order valence-electron chi connectivity index (χ2n) is 6.70. The summed E-state index contributed by atoms with van der Waals surface area (Å²) in [4.78, 5) is 23.1. The van der Waals surface area contributed by atoms with Crippen LogP contribution in [-0.2, 0) is 0 Å². The third-order valence-electron chi connectivity index (χ3n) is 4.17. The molecule has 0 aliphatic carbocycles. The Morgan fingerprint density at radius 1 is 1.15 bits per heavy atom. The molecule has 0 aliphatic rings. The Balaban J connectivity index is 2.05. The van der Waals surface area contributed by atoms with Crippen LogP contribution in [-0.4, -0.2) is 35.5 Å². The number of aryl methyl sites for hydroxylation is 1. The van der Waals surface area contributed by atoms with Crippen molar-refractivity contribution in [2.45, 2.75) is 34.6 Å². The molecule has 2 N–H and O–H groups in total. The summed E-state index contributed by atoms with van der Waals surface area (Å²) >= 11 is 0. The second kappa shape index (κ2) is 9.17. The molecule has 1 aromatic heterocycles. The van der Waals surface area contributed by atoms with Gasteiger partial charge in [0.25, 0.3) is 5.91 Å². The topological polar surface area (TPSA) is 70.2 Å². The number of nitrogens with one attached hydrogen (secondary N) is 2. The van der Waals surface area contributed by atoms with Crippen LogP contribution in [0, 0.1) is 12.8 Å². The van der Waals surface area contributed by atoms with Gasteiger partial charge in [0.15, 0.2) is 0 Å². The van der Waals surface area contributed by atoms with Gasteiger partial charge in [0.1, 0.15) is 0 Å². The molecule has 1 amide bonds. The molecular weight excluding hydrogens is 326 g/mol. The van der Waals surface area contributed by atoms with Crippen molar-refractivity contribution in [1.29, 1.82) is 0 Å². The van der Waals surface area contributed by atoms with E-state index in [-0.39, 0.29) is 5.91 Å². The maximum Gasteiger partial charge on any atom is 0.258 e. The van der Waals surface area contributed by atoms with Crippen molar-refractivity contribution in [3.63, 3.8) is 0 Å². The fourth-order valence-corrected chi connectivity index (χ4v) is 2.60. The van der Waals surface area contributed by atoms with Gasteiger partial charge in [-0.25, -0.2) is 9.97 Å². The molecule has 26 heavy (non-hydrogen) atoms. The van der Waals surface area contributed by atoms with Gasteiger partial charge in [-0.3, -0.25) is 4.79 Å². The molecule has 0 aliphatic heterocycles. The average Bonchev–Trinajstić information content (AvgIpc) is 2.63. The second-order valence-corrected chi connectivity index (χ2v) is 6.70. The molecule has 2 rings (SSSR count). The summed E-state index contributed by atoms with van der Waals surface area (Å²) in [6, 6.07) is 6.07. The first-order chi connectivity index (χ1) is 12.4. The number of nitrogens with zero attached hydrogens (tertiary/aromatic N) is 3. The molecule has 0 fully saturated rings. The minimum absolute atomic E-state index is 0.209. The predicted molar refractivity (Wildman–Crippen MR) is 108 cm³/mol.